The van der Waals surface area contributed by atoms with E-state index in [2.05, 4.69) is 12.2 Å². The molecule has 30 heavy (non-hydrogen) atoms. The summed E-state index contributed by atoms with van der Waals surface area (Å²) in [7, 11) is 0. The second-order valence-electron chi connectivity index (χ2n) is 8.63. The molecule has 2 aromatic carbocycles. The van der Waals surface area contributed by atoms with Gasteiger partial charge < -0.3 is 0 Å². The van der Waals surface area contributed by atoms with Gasteiger partial charge in [0.05, 0.1) is 0 Å². The molecule has 4 heteroatoms. The lowest BCUT2D eigenvalue weighted by Crippen LogP contribution is -2.14. The molecule has 0 saturated carbocycles. The molecule has 0 spiro atoms. The summed E-state index contributed by atoms with van der Waals surface area (Å²) in [4.78, 5) is 0. The van der Waals surface area contributed by atoms with Crippen LogP contribution in [0.15, 0.2) is 42.5 Å². The smallest absolute Gasteiger partial charge is 0.166 e. The summed E-state index contributed by atoms with van der Waals surface area (Å²) in [6.45, 7) is 1.57. The molecule has 2 unspecified atom stereocenters. The van der Waals surface area contributed by atoms with Gasteiger partial charge in [0, 0.05) is 11.1 Å². The Morgan fingerprint density at radius 2 is 1.33 bits per heavy atom. The van der Waals surface area contributed by atoms with E-state index in [-0.39, 0.29) is 0 Å². The zero-order valence-corrected chi connectivity index (χ0v) is 17.2. The van der Waals surface area contributed by atoms with E-state index < -0.39 is 23.3 Å². The van der Waals surface area contributed by atoms with Crippen molar-refractivity contribution in [1.82, 2.24) is 0 Å². The minimum absolute atomic E-state index is 0.327. The predicted octanol–water partition coefficient (Wildman–Crippen LogP) is 8.01. The minimum atomic E-state index is -0.801. The van der Waals surface area contributed by atoms with Crippen LogP contribution < -0.4 is 0 Å². The van der Waals surface area contributed by atoms with E-state index >= 15 is 0 Å². The second-order valence-corrected chi connectivity index (χ2v) is 8.63. The summed E-state index contributed by atoms with van der Waals surface area (Å²) in [5.41, 5.74) is 2.89. The van der Waals surface area contributed by atoms with Crippen molar-refractivity contribution in [3.05, 3.63) is 82.4 Å². The van der Waals surface area contributed by atoms with E-state index in [0.29, 0.717) is 28.5 Å². The zero-order chi connectivity index (χ0) is 21.3. The van der Waals surface area contributed by atoms with Crippen molar-refractivity contribution < 1.29 is 17.6 Å². The van der Waals surface area contributed by atoms with Gasteiger partial charge in [0.15, 0.2) is 23.3 Å². The van der Waals surface area contributed by atoms with Crippen LogP contribution in [0.4, 0.5) is 17.6 Å². The largest absolute Gasteiger partial charge is 0.204 e. The first-order chi connectivity index (χ1) is 14.4. The van der Waals surface area contributed by atoms with Gasteiger partial charge in [-0.3, -0.25) is 0 Å². The Morgan fingerprint density at radius 1 is 0.733 bits per heavy atom. The quantitative estimate of drug-likeness (QED) is 0.445. The first-order valence-corrected chi connectivity index (χ1v) is 10.7. The van der Waals surface area contributed by atoms with Crippen LogP contribution in [-0.2, 0) is 0 Å². The number of halogens is 4. The van der Waals surface area contributed by atoms with E-state index in [9.17, 15) is 17.6 Å². The highest BCUT2D eigenvalue weighted by atomic mass is 19.2. The lowest BCUT2D eigenvalue weighted by atomic mass is 9.77. The topological polar surface area (TPSA) is 0 Å². The van der Waals surface area contributed by atoms with Gasteiger partial charge in [-0.05, 0) is 86.5 Å². The Hall–Kier alpha value is -2.36. The Labute approximate surface area is 175 Å². The van der Waals surface area contributed by atoms with Crippen molar-refractivity contribution in [1.29, 1.82) is 0 Å². The minimum Gasteiger partial charge on any atom is -0.204 e. The molecule has 158 valence electrons. The van der Waals surface area contributed by atoms with Gasteiger partial charge in [-0.1, -0.05) is 36.4 Å². The third-order valence-electron chi connectivity index (χ3n) is 6.62. The molecular weight excluding hydrogens is 388 g/mol. The summed E-state index contributed by atoms with van der Waals surface area (Å²) < 4.78 is 55.7. The fourth-order valence-electron chi connectivity index (χ4n) is 4.81. The molecule has 0 saturated heterocycles. The van der Waals surface area contributed by atoms with Crippen molar-refractivity contribution in [2.75, 3.05) is 0 Å². The summed E-state index contributed by atoms with van der Waals surface area (Å²) in [6, 6.07) is 7.65. The maximum Gasteiger partial charge on any atom is 0.166 e. The standard InChI is InChI=1S/C26H26F4/c1-16-5-14-22(26(30)24(16)28)20-12-8-18(9-13-20)15-17-6-10-19(11-7-17)21-3-2-4-23(27)25(21)29/h2-5,10,12,14,17-18H,6-9,11,13,15H2,1H3. The van der Waals surface area contributed by atoms with Crippen molar-refractivity contribution in [3.8, 4) is 0 Å². The van der Waals surface area contributed by atoms with Crippen molar-refractivity contribution in [3.63, 3.8) is 0 Å². The molecule has 0 fully saturated rings. The van der Waals surface area contributed by atoms with Crippen LogP contribution in [0.1, 0.15) is 61.6 Å². The molecule has 2 aliphatic carbocycles. The van der Waals surface area contributed by atoms with Crippen LogP contribution >= 0.6 is 0 Å². The highest BCUT2D eigenvalue weighted by molar-refractivity contribution is 5.68. The predicted molar refractivity (Wildman–Crippen MR) is 113 cm³/mol. The number of allylic oxidation sites excluding steroid dienone is 4. The molecule has 0 radical (unpaired) electrons. The van der Waals surface area contributed by atoms with Crippen LogP contribution in [0, 0.1) is 42.0 Å². The fourth-order valence-corrected chi connectivity index (χ4v) is 4.81. The first-order valence-electron chi connectivity index (χ1n) is 10.7. The SMILES string of the molecule is Cc1ccc(C2=CCC(CC3CC=C(c4cccc(F)c4F)CC3)CC2)c(F)c1F. The number of benzene rings is 2. The molecule has 0 aliphatic heterocycles. The lowest BCUT2D eigenvalue weighted by Gasteiger charge is -2.29. The number of rotatable bonds is 4. The average molecular weight is 414 g/mol. The van der Waals surface area contributed by atoms with Crippen molar-refractivity contribution in [2.24, 2.45) is 11.8 Å². The summed E-state index contributed by atoms with van der Waals surface area (Å²) in [5.74, 6) is -2.00. The van der Waals surface area contributed by atoms with Gasteiger partial charge in [-0.15, -0.1) is 0 Å². The molecule has 2 atom stereocenters. The second kappa shape index (κ2) is 8.79. The molecule has 4 rings (SSSR count). The van der Waals surface area contributed by atoms with Gasteiger partial charge in [0.25, 0.3) is 0 Å². The Kier molecular flexibility index (Phi) is 6.12. The highest BCUT2D eigenvalue weighted by Gasteiger charge is 2.24. The van der Waals surface area contributed by atoms with Gasteiger partial charge in [-0.25, -0.2) is 17.6 Å². The summed E-state index contributed by atoms with van der Waals surface area (Å²) in [6.07, 6.45) is 10.4. The first kappa shape index (κ1) is 20.9. The molecule has 2 aromatic rings. The molecule has 0 heterocycles. The highest BCUT2D eigenvalue weighted by Crippen LogP contribution is 2.39. The van der Waals surface area contributed by atoms with Gasteiger partial charge in [-0.2, -0.15) is 0 Å². The van der Waals surface area contributed by atoms with Gasteiger partial charge >= 0.3 is 0 Å². The molecule has 0 amide bonds. The van der Waals surface area contributed by atoms with E-state index in [4.69, 9.17) is 0 Å². The van der Waals surface area contributed by atoms with Gasteiger partial charge in [0.1, 0.15) is 0 Å². The average Bonchev–Trinajstić information content (AvgIpc) is 2.76. The monoisotopic (exact) mass is 414 g/mol. The van der Waals surface area contributed by atoms with Crippen LogP contribution in [-0.4, -0.2) is 0 Å². The molecule has 2 aliphatic rings. The fraction of sp³-hybridized carbons (Fsp3) is 0.385. The number of aryl methyl sites for hydroxylation is 1. The van der Waals surface area contributed by atoms with Crippen LogP contribution in [0.5, 0.6) is 0 Å². The molecule has 0 aromatic heterocycles. The van der Waals surface area contributed by atoms with Crippen LogP contribution in [0.3, 0.4) is 0 Å². The third-order valence-corrected chi connectivity index (χ3v) is 6.62. The zero-order valence-electron chi connectivity index (χ0n) is 17.2. The van der Waals surface area contributed by atoms with E-state index in [1.54, 1.807) is 31.2 Å². The van der Waals surface area contributed by atoms with Crippen LogP contribution in [0.25, 0.3) is 11.1 Å². The normalized spacial score (nSPS) is 21.9. The molecule has 0 nitrogen and oxygen atoms in total. The molecular formula is C26H26F4. The van der Waals surface area contributed by atoms with Crippen LogP contribution in [0.2, 0.25) is 0 Å². The number of hydrogen-bond acceptors (Lipinski definition) is 0. The van der Waals surface area contributed by atoms with Crippen molar-refractivity contribution in [2.45, 2.75) is 51.9 Å². The Bertz CT molecular complexity index is 1000. The van der Waals surface area contributed by atoms with E-state index in [1.807, 2.05) is 0 Å². The number of hydrogen-bond donors (Lipinski definition) is 0. The maximum atomic E-state index is 14.3. The molecule has 0 N–H and O–H groups in total. The maximum absolute atomic E-state index is 14.3. The van der Waals surface area contributed by atoms with Crippen molar-refractivity contribution >= 4 is 11.1 Å². The third kappa shape index (κ3) is 4.23. The Morgan fingerprint density at radius 3 is 1.90 bits per heavy atom. The lowest BCUT2D eigenvalue weighted by molar-refractivity contribution is 0.334. The Balaban J connectivity index is 1.37. The van der Waals surface area contributed by atoms with Gasteiger partial charge in [0.2, 0.25) is 0 Å². The summed E-state index contributed by atoms with van der Waals surface area (Å²) >= 11 is 0. The summed E-state index contributed by atoms with van der Waals surface area (Å²) in [5, 5.41) is 0. The van der Waals surface area contributed by atoms with E-state index in [1.165, 1.54) is 0 Å². The van der Waals surface area contributed by atoms with E-state index in [0.717, 1.165) is 62.2 Å². The molecule has 0 bridgehead atoms.